The third-order valence-corrected chi connectivity index (χ3v) is 17.7. The third-order valence-electron chi connectivity index (χ3n) is 10.7. The van der Waals surface area contributed by atoms with E-state index >= 15 is 0 Å². The molecule has 0 spiro atoms. The average Bonchev–Trinajstić information content (AvgIpc) is 3.55. The van der Waals surface area contributed by atoms with Crippen molar-refractivity contribution in [2.75, 3.05) is 5.09 Å². The van der Waals surface area contributed by atoms with Crippen LogP contribution in [0, 0.1) is 0 Å². The molecule has 4 fully saturated rings. The molecule has 2 bridgehead atoms. The summed E-state index contributed by atoms with van der Waals surface area (Å²) in [4.78, 5) is 0. The van der Waals surface area contributed by atoms with Crippen molar-refractivity contribution in [2.45, 2.75) is 0 Å². The van der Waals surface area contributed by atoms with Crippen LogP contribution in [0.3, 0.4) is 0 Å². The van der Waals surface area contributed by atoms with Crippen LogP contribution >= 0.6 is 6.39 Å². The van der Waals surface area contributed by atoms with E-state index in [-0.39, 0.29) is 6.71 Å². The van der Waals surface area contributed by atoms with Crippen molar-refractivity contribution in [1.82, 2.24) is 4.57 Å². The van der Waals surface area contributed by atoms with Gasteiger partial charge >= 0.3 is 229 Å². The maximum atomic E-state index is 7.08. The van der Waals surface area contributed by atoms with Crippen molar-refractivity contribution in [2.24, 2.45) is 0 Å². The Bertz CT molecular complexity index is 2110. The molecule has 7 heterocycles. The second-order valence-electron chi connectivity index (χ2n) is 12.0. The second-order valence-corrected chi connectivity index (χ2v) is 17.2. The Kier molecular flexibility index (Phi) is 3.20. The first kappa shape index (κ1) is 20.2. The number of ether oxygens (including phenoxy) is 1. The van der Waals surface area contributed by atoms with Gasteiger partial charge in [0, 0.05) is 0 Å². The molecule has 39 heavy (non-hydrogen) atoms. The molecule has 9 heteroatoms. The molecule has 4 saturated heterocycles. The first-order chi connectivity index (χ1) is 19.3. The van der Waals surface area contributed by atoms with Crippen LogP contribution in [-0.2, 0) is 0 Å². The van der Waals surface area contributed by atoms with E-state index in [9.17, 15) is 0 Å². The van der Waals surface area contributed by atoms with Crippen LogP contribution in [0.25, 0.3) is 27.5 Å². The molecule has 0 saturated carbocycles. The summed E-state index contributed by atoms with van der Waals surface area (Å²) in [5, 5.41) is 8.28. The maximum absolute atomic E-state index is 7.08. The third kappa shape index (κ3) is 1.95. The van der Waals surface area contributed by atoms with E-state index in [1.807, 2.05) is 0 Å². The monoisotopic (exact) mass is 509 g/mol. The molecule has 1 N–H and O–H groups in total. The summed E-state index contributed by atoms with van der Waals surface area (Å²) in [5.41, 5.74) is 9.10. The predicted octanol–water partition coefficient (Wildman–Crippen LogP) is 3.79. The molecule has 0 atom stereocenters. The van der Waals surface area contributed by atoms with Crippen LogP contribution in [0.1, 0.15) is 0 Å². The predicted molar refractivity (Wildman–Crippen MR) is 172 cm³/mol. The van der Waals surface area contributed by atoms with Crippen molar-refractivity contribution in [3.63, 3.8) is 0 Å². The molecule has 6 aliphatic heterocycles. The fourth-order valence-electron chi connectivity index (χ4n) is 8.95. The number of rotatable bonds is 3. The van der Waals surface area contributed by atoms with Crippen LogP contribution in [0.15, 0.2) is 109 Å². The average molecular weight is 509 g/mol. The molecule has 3 nitrogen and oxygen atoms in total. The van der Waals surface area contributed by atoms with Gasteiger partial charge in [-0.15, -0.1) is 0 Å². The SMILES string of the molecule is [B-]1B2B3B1P23(Nc1ccccc1)c1cccc2c1Oc1ccc3c4ccccc4n4c3c1B2c1ccccc1-4. The fourth-order valence-corrected chi connectivity index (χ4v) is 17.1. The van der Waals surface area contributed by atoms with E-state index in [0.717, 1.165) is 17.7 Å². The molecular formula is C30H19B5N2OP-. The minimum absolute atomic E-state index is 0.161. The Morgan fingerprint density at radius 1 is 0.718 bits per heavy atom. The number of anilines is 1. The Morgan fingerprint density at radius 3 is 2.33 bits per heavy atom. The fraction of sp³-hybridized carbons (Fsp3) is 0. The van der Waals surface area contributed by atoms with Crippen molar-refractivity contribution < 1.29 is 4.74 Å². The summed E-state index contributed by atoms with van der Waals surface area (Å²) in [7, 11) is 2.59. The van der Waals surface area contributed by atoms with Gasteiger partial charge in [0.2, 0.25) is 0 Å². The van der Waals surface area contributed by atoms with Gasteiger partial charge in [0.1, 0.15) is 0 Å². The van der Waals surface area contributed by atoms with Gasteiger partial charge in [0.15, 0.2) is 0 Å². The number of nitrogens with zero attached hydrogens (tertiary/aromatic N) is 1. The van der Waals surface area contributed by atoms with Gasteiger partial charge in [-0.2, -0.15) is 0 Å². The molecule has 176 valence electrons. The number of hydrogen-bond acceptors (Lipinski definition) is 2. The van der Waals surface area contributed by atoms with Crippen molar-refractivity contribution >= 4 is 88.0 Å². The summed E-state index contributed by atoms with van der Waals surface area (Å²) < 4.78 is 9.55. The van der Waals surface area contributed by atoms with Crippen LogP contribution < -0.4 is 31.5 Å². The Labute approximate surface area is 228 Å². The van der Waals surface area contributed by atoms with Crippen molar-refractivity contribution in [3.8, 4) is 17.2 Å². The first-order valence-electron chi connectivity index (χ1n) is 14.0. The van der Waals surface area contributed by atoms with Gasteiger partial charge in [0.25, 0.3) is 0 Å². The first-order valence-corrected chi connectivity index (χ1v) is 16.4. The summed E-state index contributed by atoms with van der Waals surface area (Å²) >= 11 is 0. The Morgan fingerprint density at radius 2 is 1.49 bits per heavy atom. The van der Waals surface area contributed by atoms with E-state index in [0.29, 0.717) is 12.4 Å². The van der Waals surface area contributed by atoms with Crippen LogP contribution in [0.2, 0.25) is 0 Å². The molecule has 0 amide bonds. The summed E-state index contributed by atoms with van der Waals surface area (Å²) in [6.07, 6.45) is -0.0265. The van der Waals surface area contributed by atoms with E-state index in [1.165, 1.54) is 54.9 Å². The zero-order valence-corrected chi connectivity index (χ0v) is 22.0. The van der Waals surface area contributed by atoms with Gasteiger partial charge < -0.3 is 0 Å². The molecule has 12 rings (SSSR count). The summed E-state index contributed by atoms with van der Waals surface area (Å²) in [5.74, 6) is 2.14. The van der Waals surface area contributed by atoms with Crippen LogP contribution in [0.5, 0.6) is 11.5 Å². The number of para-hydroxylation sites is 4. The van der Waals surface area contributed by atoms with Gasteiger partial charge in [-0.3, -0.25) is 0 Å². The molecule has 0 unspecified atom stereocenters. The van der Waals surface area contributed by atoms with Gasteiger partial charge in [-0.05, 0) is 0 Å². The molecule has 5 aromatic carbocycles. The molecule has 0 aliphatic carbocycles. The Hall–Kier alpha value is -3.75. The molecule has 1 aromatic heterocycles. The molecule has 6 aromatic rings. The van der Waals surface area contributed by atoms with Crippen LogP contribution in [-0.4, -0.2) is 37.0 Å². The zero-order valence-electron chi connectivity index (χ0n) is 21.1. The van der Waals surface area contributed by atoms with E-state index in [2.05, 4.69) is 126 Å². The number of aromatic nitrogens is 1. The van der Waals surface area contributed by atoms with E-state index < -0.39 is 6.39 Å². The quantitative estimate of drug-likeness (QED) is 0.290. The number of hydrogen-bond donors (Lipinski definition) is 1. The summed E-state index contributed by atoms with van der Waals surface area (Å²) in [6.45, 7) is 0.161. The second kappa shape index (κ2) is 6.19. The van der Waals surface area contributed by atoms with Gasteiger partial charge in [0.05, 0.1) is 0 Å². The normalized spacial score (nSPS) is 19.7. The molecular weight excluding hydrogens is 489 g/mol. The van der Waals surface area contributed by atoms with Crippen LogP contribution in [0.4, 0.5) is 5.69 Å². The Balaban J connectivity index is 1.21. The number of fused-ring (bicyclic) bond motifs is 8. The van der Waals surface area contributed by atoms with Gasteiger partial charge in [-0.1, -0.05) is 0 Å². The minimum atomic E-state index is -2.25. The zero-order chi connectivity index (χ0) is 25.1. The molecule has 6 aliphatic rings. The van der Waals surface area contributed by atoms with E-state index in [1.54, 1.807) is 0 Å². The van der Waals surface area contributed by atoms with Gasteiger partial charge in [-0.25, -0.2) is 0 Å². The van der Waals surface area contributed by atoms with Crippen molar-refractivity contribution in [3.05, 3.63) is 109 Å². The number of benzene rings is 5. The topological polar surface area (TPSA) is 26.2 Å². The standard InChI is InChI=1S/C30H19B5N2OP/c1-2-9-19(10-3-1)36-39(33-31-34(39)35(33)39)27-16-8-13-23-30(27)38-26-18-17-21-20-11-4-6-14-24(20)37-25-15-7-5-12-22(25)32(23)28(26)29(21)37/h1-18,36H/q-1. The van der Waals surface area contributed by atoms with Crippen molar-refractivity contribution in [1.29, 1.82) is 0 Å². The molecule has 2 radical (unpaired) electrons. The summed E-state index contributed by atoms with van der Waals surface area (Å²) in [6, 6.07) is 40.2. The number of nitrogens with one attached hydrogen (secondary N) is 1. The van der Waals surface area contributed by atoms with E-state index in [4.69, 9.17) is 4.74 Å².